The first-order chi connectivity index (χ1) is 10.8. The van der Waals surface area contributed by atoms with Crippen molar-refractivity contribution in [3.63, 3.8) is 0 Å². The van der Waals surface area contributed by atoms with E-state index in [1.54, 1.807) is 37.4 Å². The van der Waals surface area contributed by atoms with Crippen molar-refractivity contribution in [2.45, 2.75) is 6.18 Å². The van der Waals surface area contributed by atoms with E-state index < -0.39 is 11.7 Å². The molecule has 2 heterocycles. The van der Waals surface area contributed by atoms with Crippen LogP contribution in [0.2, 0.25) is 0 Å². The van der Waals surface area contributed by atoms with E-state index in [-0.39, 0.29) is 5.56 Å². The fourth-order valence-electron chi connectivity index (χ4n) is 2.70. The summed E-state index contributed by atoms with van der Waals surface area (Å²) in [6, 6.07) is 2.60. The van der Waals surface area contributed by atoms with Crippen molar-refractivity contribution < 1.29 is 17.9 Å². The molecule has 0 atom stereocenters. The Morgan fingerprint density at radius 1 is 1.26 bits per heavy atom. The smallest absolute Gasteiger partial charge is 0.417 e. The summed E-state index contributed by atoms with van der Waals surface area (Å²) < 4.78 is 47.7. The summed E-state index contributed by atoms with van der Waals surface area (Å²) in [7, 11) is 5.24. The van der Waals surface area contributed by atoms with Gasteiger partial charge in [-0.2, -0.15) is 18.3 Å². The molecule has 0 amide bonds. The van der Waals surface area contributed by atoms with E-state index in [2.05, 4.69) is 5.10 Å². The van der Waals surface area contributed by atoms with Gasteiger partial charge in [0.2, 0.25) is 0 Å². The number of hydrogen-bond donors (Lipinski definition) is 0. The maximum Gasteiger partial charge on any atom is 0.417 e. The third kappa shape index (κ3) is 2.86. The number of nitrogens with zero attached hydrogens (tertiary/aromatic N) is 4. The fraction of sp³-hybridized carbons (Fsp3) is 0.400. The molecular weight excluding hydrogens is 309 g/mol. The molecule has 23 heavy (non-hydrogen) atoms. The molecule has 8 heteroatoms. The molecule has 0 fully saturated rings. The van der Waals surface area contributed by atoms with Crippen molar-refractivity contribution in [3.8, 4) is 16.9 Å². The van der Waals surface area contributed by atoms with Gasteiger partial charge in [0.15, 0.2) is 0 Å². The Balaban J connectivity index is 2.21. The van der Waals surface area contributed by atoms with Crippen LogP contribution >= 0.6 is 0 Å². The van der Waals surface area contributed by atoms with Gasteiger partial charge in [-0.05, 0) is 12.1 Å². The van der Waals surface area contributed by atoms with Crippen molar-refractivity contribution in [2.24, 2.45) is 7.05 Å². The zero-order valence-corrected chi connectivity index (χ0v) is 13.1. The Morgan fingerprint density at radius 3 is 2.57 bits per heavy atom. The lowest BCUT2D eigenvalue weighted by Gasteiger charge is -2.36. The highest BCUT2D eigenvalue weighted by molar-refractivity contribution is 5.75. The number of aryl methyl sites for hydroxylation is 1. The van der Waals surface area contributed by atoms with Gasteiger partial charge in [0.05, 0.1) is 24.0 Å². The highest BCUT2D eigenvalue weighted by Crippen LogP contribution is 2.44. The summed E-state index contributed by atoms with van der Waals surface area (Å²) in [6.07, 6.45) is -1.48. The van der Waals surface area contributed by atoms with Crippen LogP contribution in [0.1, 0.15) is 5.56 Å². The van der Waals surface area contributed by atoms with Crippen LogP contribution in [0.5, 0.6) is 5.75 Å². The number of hydrazine groups is 1. The maximum atomic E-state index is 13.5. The van der Waals surface area contributed by atoms with E-state index in [0.717, 1.165) is 6.07 Å². The van der Waals surface area contributed by atoms with Crippen molar-refractivity contribution >= 4 is 5.69 Å². The highest BCUT2D eigenvalue weighted by atomic mass is 19.4. The monoisotopic (exact) mass is 326 g/mol. The van der Waals surface area contributed by atoms with E-state index >= 15 is 0 Å². The summed E-state index contributed by atoms with van der Waals surface area (Å²) >= 11 is 0. The number of rotatable bonds is 2. The number of halogens is 3. The zero-order valence-electron chi connectivity index (χ0n) is 13.1. The van der Waals surface area contributed by atoms with Gasteiger partial charge in [0.1, 0.15) is 12.4 Å². The molecule has 0 radical (unpaired) electrons. The quantitative estimate of drug-likeness (QED) is 0.850. The minimum absolute atomic E-state index is 0.0740. The Bertz CT molecular complexity index is 724. The first-order valence-electron chi connectivity index (χ1n) is 7.09. The van der Waals surface area contributed by atoms with Gasteiger partial charge in [0.25, 0.3) is 0 Å². The Hall–Kier alpha value is -2.22. The second-order valence-corrected chi connectivity index (χ2v) is 5.58. The molecule has 0 saturated heterocycles. The molecule has 1 aliphatic heterocycles. The lowest BCUT2D eigenvalue weighted by Crippen LogP contribution is -2.42. The zero-order chi connectivity index (χ0) is 16.8. The van der Waals surface area contributed by atoms with Gasteiger partial charge in [-0.3, -0.25) is 9.69 Å². The van der Waals surface area contributed by atoms with Crippen LogP contribution in [0.3, 0.4) is 0 Å². The number of ether oxygens (including phenoxy) is 1. The molecule has 1 aromatic carbocycles. The van der Waals surface area contributed by atoms with Crippen molar-refractivity contribution in [3.05, 3.63) is 30.1 Å². The summed E-state index contributed by atoms with van der Waals surface area (Å²) in [5, 5.41) is 7.48. The van der Waals surface area contributed by atoms with E-state index in [1.807, 2.05) is 0 Å². The third-order valence-electron chi connectivity index (χ3n) is 3.74. The number of hydrogen-bond acceptors (Lipinski definition) is 4. The molecule has 2 aromatic rings. The second kappa shape index (κ2) is 5.45. The fourth-order valence-corrected chi connectivity index (χ4v) is 2.70. The van der Waals surface area contributed by atoms with Crippen molar-refractivity contribution in [1.82, 2.24) is 14.8 Å². The van der Waals surface area contributed by atoms with E-state index in [0.29, 0.717) is 30.2 Å². The van der Waals surface area contributed by atoms with E-state index in [1.165, 1.54) is 16.9 Å². The van der Waals surface area contributed by atoms with Crippen LogP contribution in [0.15, 0.2) is 24.5 Å². The van der Waals surface area contributed by atoms with Crippen molar-refractivity contribution in [1.29, 1.82) is 0 Å². The van der Waals surface area contributed by atoms with Crippen molar-refractivity contribution in [2.75, 3.05) is 32.3 Å². The molecular formula is C15H17F3N4O. The average Bonchev–Trinajstić information content (AvgIpc) is 2.90. The summed E-state index contributed by atoms with van der Waals surface area (Å²) in [5.41, 5.74) is 0.209. The van der Waals surface area contributed by atoms with Crippen LogP contribution in [-0.4, -0.2) is 42.0 Å². The summed E-state index contributed by atoms with van der Waals surface area (Å²) in [5.74, 6) is 0.441. The predicted octanol–water partition coefficient (Wildman–Crippen LogP) is 2.78. The normalized spacial score (nSPS) is 14.8. The molecule has 1 aromatic heterocycles. The van der Waals surface area contributed by atoms with Crippen LogP contribution < -0.4 is 9.75 Å². The molecule has 0 N–H and O–H groups in total. The Labute approximate surface area is 131 Å². The number of anilines is 1. The third-order valence-corrected chi connectivity index (χ3v) is 3.74. The summed E-state index contributed by atoms with van der Waals surface area (Å²) in [4.78, 5) is 0. The molecule has 1 aliphatic rings. The lowest BCUT2D eigenvalue weighted by atomic mass is 10.00. The molecule has 3 rings (SSSR count). The van der Waals surface area contributed by atoms with Crippen LogP contribution in [0, 0.1) is 0 Å². The van der Waals surface area contributed by atoms with E-state index in [4.69, 9.17) is 4.74 Å². The molecule has 0 spiro atoms. The Kier molecular flexibility index (Phi) is 3.71. The largest absolute Gasteiger partial charge is 0.489 e. The molecule has 124 valence electrons. The number of aromatic nitrogens is 2. The lowest BCUT2D eigenvalue weighted by molar-refractivity contribution is -0.137. The number of alkyl halides is 3. The standard InChI is InChI=1S/C15H17F3N4O/c1-20(2)22-4-5-23-14-6-11(10-8-19-21(3)9-10)12(7-13(14)22)15(16,17)18/h6-9H,4-5H2,1-3H3. The Morgan fingerprint density at radius 2 is 2.00 bits per heavy atom. The van der Waals surface area contributed by atoms with E-state index in [9.17, 15) is 13.2 Å². The van der Waals surface area contributed by atoms with Gasteiger partial charge in [0, 0.05) is 38.5 Å². The minimum atomic E-state index is -4.46. The first-order valence-corrected chi connectivity index (χ1v) is 7.09. The van der Waals surface area contributed by atoms with Gasteiger partial charge in [-0.25, -0.2) is 5.01 Å². The minimum Gasteiger partial charge on any atom is -0.489 e. The average molecular weight is 326 g/mol. The maximum absolute atomic E-state index is 13.5. The van der Waals surface area contributed by atoms with Gasteiger partial charge < -0.3 is 4.74 Å². The number of fused-ring (bicyclic) bond motifs is 1. The topological polar surface area (TPSA) is 33.5 Å². The molecule has 0 bridgehead atoms. The molecule has 0 unspecified atom stereocenters. The second-order valence-electron chi connectivity index (χ2n) is 5.58. The highest BCUT2D eigenvalue weighted by Gasteiger charge is 2.36. The van der Waals surface area contributed by atoms with Crippen LogP contribution in [0.4, 0.5) is 18.9 Å². The van der Waals surface area contributed by atoms with Gasteiger partial charge in [-0.15, -0.1) is 0 Å². The molecule has 0 saturated carbocycles. The van der Waals surface area contributed by atoms with Crippen LogP contribution in [-0.2, 0) is 13.2 Å². The van der Waals surface area contributed by atoms with Crippen LogP contribution in [0.25, 0.3) is 11.1 Å². The van der Waals surface area contributed by atoms with Gasteiger partial charge >= 0.3 is 6.18 Å². The SMILES string of the molecule is CN(C)N1CCOc2cc(-c3cnn(C)c3)c(C(F)(F)F)cc21. The molecule has 0 aliphatic carbocycles. The predicted molar refractivity (Wildman–Crippen MR) is 80.2 cm³/mol. The summed E-state index contributed by atoms with van der Waals surface area (Å²) in [6.45, 7) is 0.923. The van der Waals surface area contributed by atoms with Gasteiger partial charge in [-0.1, -0.05) is 0 Å². The number of benzene rings is 1. The molecule has 5 nitrogen and oxygen atoms in total. The first kappa shape index (κ1) is 15.7.